The highest BCUT2D eigenvalue weighted by atomic mass is 32.1. The minimum atomic E-state index is -0.626. The number of hydrogen-bond acceptors (Lipinski definition) is 6. The highest BCUT2D eigenvalue weighted by Gasteiger charge is 2.20. The second-order valence-corrected chi connectivity index (χ2v) is 5.42. The number of nitrogens with zero attached hydrogens (tertiary/aromatic N) is 1. The lowest BCUT2D eigenvalue weighted by molar-refractivity contribution is -0.124. The fraction of sp³-hybridized carbons (Fsp3) is 0.385. The summed E-state index contributed by atoms with van der Waals surface area (Å²) in [5.74, 6) is -0.508. The Labute approximate surface area is 124 Å². The minimum Gasteiger partial charge on any atom is -0.451 e. The Bertz CT molecular complexity index is 763. The second-order valence-electron chi connectivity index (χ2n) is 4.42. The van der Waals surface area contributed by atoms with E-state index in [0.29, 0.717) is 28.1 Å². The molecule has 2 N–H and O–H groups in total. The van der Waals surface area contributed by atoms with Crippen molar-refractivity contribution in [1.29, 1.82) is 0 Å². The van der Waals surface area contributed by atoms with E-state index in [9.17, 15) is 14.4 Å². The maximum atomic E-state index is 12.0. The van der Waals surface area contributed by atoms with E-state index in [2.05, 4.69) is 15.3 Å². The molecule has 2 rings (SSSR count). The van der Waals surface area contributed by atoms with E-state index in [1.165, 1.54) is 0 Å². The number of esters is 1. The van der Waals surface area contributed by atoms with E-state index in [4.69, 9.17) is 4.74 Å². The molecule has 0 bridgehead atoms. The summed E-state index contributed by atoms with van der Waals surface area (Å²) in [5.41, 5.74) is 0.235. The number of amides is 1. The molecule has 0 aromatic carbocycles. The maximum Gasteiger partial charge on any atom is 0.349 e. The van der Waals surface area contributed by atoms with E-state index < -0.39 is 5.97 Å². The number of ether oxygens (including phenoxy) is 1. The van der Waals surface area contributed by atoms with Crippen molar-refractivity contribution in [2.75, 3.05) is 13.2 Å². The van der Waals surface area contributed by atoms with Crippen LogP contribution < -0.4 is 10.9 Å². The minimum absolute atomic E-state index is 0.283. The van der Waals surface area contributed by atoms with Crippen LogP contribution in [0.1, 0.15) is 28.0 Å². The Morgan fingerprint density at radius 3 is 2.76 bits per heavy atom. The first-order valence-corrected chi connectivity index (χ1v) is 7.19. The molecule has 2 aromatic rings. The van der Waals surface area contributed by atoms with Gasteiger partial charge in [0.2, 0.25) is 0 Å². The van der Waals surface area contributed by atoms with Gasteiger partial charge in [-0.2, -0.15) is 0 Å². The quantitative estimate of drug-likeness (QED) is 0.817. The summed E-state index contributed by atoms with van der Waals surface area (Å²) in [6.07, 6.45) is 0. The van der Waals surface area contributed by atoms with Crippen molar-refractivity contribution < 1.29 is 14.3 Å². The largest absolute Gasteiger partial charge is 0.451 e. The van der Waals surface area contributed by atoms with Crippen LogP contribution in [0.3, 0.4) is 0 Å². The van der Waals surface area contributed by atoms with Crippen LogP contribution in [0.25, 0.3) is 10.2 Å². The Morgan fingerprint density at radius 2 is 2.10 bits per heavy atom. The molecule has 7 nitrogen and oxygen atoms in total. The number of aromatic amines is 1. The molecule has 0 fully saturated rings. The molecule has 0 aliphatic heterocycles. The maximum absolute atomic E-state index is 12.0. The third kappa shape index (κ3) is 3.10. The fourth-order valence-corrected chi connectivity index (χ4v) is 3.01. The van der Waals surface area contributed by atoms with Gasteiger partial charge < -0.3 is 15.0 Å². The fourth-order valence-electron chi connectivity index (χ4n) is 1.89. The highest BCUT2D eigenvalue weighted by Crippen LogP contribution is 2.27. The molecule has 21 heavy (non-hydrogen) atoms. The van der Waals surface area contributed by atoms with Crippen molar-refractivity contribution in [2.24, 2.45) is 0 Å². The number of H-pyrrole nitrogens is 1. The van der Waals surface area contributed by atoms with Crippen molar-refractivity contribution in [3.63, 3.8) is 0 Å². The molecule has 2 heterocycles. The topological polar surface area (TPSA) is 101 Å². The normalized spacial score (nSPS) is 10.6. The molecule has 0 saturated carbocycles. The van der Waals surface area contributed by atoms with Crippen molar-refractivity contribution in [1.82, 2.24) is 15.3 Å². The van der Waals surface area contributed by atoms with Gasteiger partial charge in [-0.3, -0.25) is 9.59 Å². The van der Waals surface area contributed by atoms with Crippen LogP contribution in [0.5, 0.6) is 0 Å². The summed E-state index contributed by atoms with van der Waals surface area (Å²) in [6, 6.07) is 0. The second kappa shape index (κ2) is 6.04. The van der Waals surface area contributed by atoms with Crippen molar-refractivity contribution in [2.45, 2.75) is 20.8 Å². The van der Waals surface area contributed by atoms with Crippen LogP contribution in [0.15, 0.2) is 4.79 Å². The summed E-state index contributed by atoms with van der Waals surface area (Å²) >= 11 is 1.09. The molecule has 2 aromatic heterocycles. The molecule has 1 amide bonds. The SMILES string of the molecule is CCNC(=O)COC(=O)c1sc2nc(C)[nH]c(=O)c2c1C. The molecule has 112 valence electrons. The smallest absolute Gasteiger partial charge is 0.349 e. The van der Waals surface area contributed by atoms with E-state index in [1.807, 2.05) is 0 Å². The van der Waals surface area contributed by atoms with Crippen LogP contribution >= 0.6 is 11.3 Å². The highest BCUT2D eigenvalue weighted by molar-refractivity contribution is 7.20. The molecule has 0 aliphatic carbocycles. The molecule has 0 radical (unpaired) electrons. The van der Waals surface area contributed by atoms with Crippen LogP contribution in [-0.4, -0.2) is 35.0 Å². The van der Waals surface area contributed by atoms with E-state index in [0.717, 1.165) is 11.3 Å². The molecule has 0 spiro atoms. The summed E-state index contributed by atoms with van der Waals surface area (Å²) in [4.78, 5) is 42.8. The summed E-state index contributed by atoms with van der Waals surface area (Å²) in [6.45, 7) is 5.23. The van der Waals surface area contributed by atoms with Gasteiger partial charge >= 0.3 is 5.97 Å². The van der Waals surface area contributed by atoms with Gasteiger partial charge in [0, 0.05) is 6.54 Å². The third-order valence-electron chi connectivity index (χ3n) is 2.81. The first-order chi connectivity index (χ1) is 9.93. The Balaban J connectivity index is 2.28. The Kier molecular flexibility index (Phi) is 4.37. The van der Waals surface area contributed by atoms with E-state index in [-0.39, 0.29) is 23.0 Å². The number of hydrogen-bond donors (Lipinski definition) is 2. The first kappa shape index (κ1) is 15.2. The molecule has 0 aliphatic rings. The number of aryl methyl sites for hydroxylation is 2. The average molecular weight is 309 g/mol. The zero-order valence-electron chi connectivity index (χ0n) is 11.9. The molecule has 0 unspecified atom stereocenters. The summed E-state index contributed by atoms with van der Waals surface area (Å²) in [7, 11) is 0. The van der Waals surface area contributed by atoms with Gasteiger partial charge in [0.05, 0.1) is 5.39 Å². The number of thiophene rings is 1. The van der Waals surface area contributed by atoms with Gasteiger partial charge in [-0.05, 0) is 26.3 Å². The predicted molar refractivity (Wildman–Crippen MR) is 78.7 cm³/mol. The zero-order valence-corrected chi connectivity index (χ0v) is 12.7. The van der Waals surface area contributed by atoms with Gasteiger partial charge in [-0.1, -0.05) is 0 Å². The predicted octanol–water partition coefficient (Wildman–Crippen LogP) is 0.894. The number of carbonyl (C=O) groups is 2. The van der Waals surface area contributed by atoms with Crippen LogP contribution in [-0.2, 0) is 9.53 Å². The standard InChI is InChI=1S/C13H15N3O4S/c1-4-14-8(17)5-20-13(19)10-6(2)9-11(18)15-7(3)16-12(9)21-10/h4-5H2,1-3H3,(H,14,17)(H,15,16,18). The first-order valence-electron chi connectivity index (χ1n) is 6.37. The van der Waals surface area contributed by atoms with Gasteiger partial charge in [0.15, 0.2) is 6.61 Å². The Hall–Kier alpha value is -2.22. The molecule has 0 saturated heterocycles. The number of likely N-dealkylation sites (N-methyl/N-ethyl adjacent to an activating group) is 1. The lowest BCUT2D eigenvalue weighted by atomic mass is 10.2. The molecular weight excluding hydrogens is 294 g/mol. The average Bonchev–Trinajstić information content (AvgIpc) is 2.73. The number of rotatable bonds is 4. The number of aromatic nitrogens is 2. The molecule has 8 heteroatoms. The lowest BCUT2D eigenvalue weighted by Gasteiger charge is -2.03. The van der Waals surface area contributed by atoms with Gasteiger partial charge in [0.25, 0.3) is 11.5 Å². The number of carbonyl (C=O) groups excluding carboxylic acids is 2. The Morgan fingerprint density at radius 1 is 1.38 bits per heavy atom. The van der Waals surface area contributed by atoms with Crippen molar-refractivity contribution in [3.05, 3.63) is 26.6 Å². The van der Waals surface area contributed by atoms with Gasteiger partial charge in [-0.15, -0.1) is 11.3 Å². The lowest BCUT2D eigenvalue weighted by Crippen LogP contribution is -2.28. The van der Waals surface area contributed by atoms with E-state index >= 15 is 0 Å². The third-order valence-corrected chi connectivity index (χ3v) is 3.98. The van der Waals surface area contributed by atoms with Crippen LogP contribution in [0, 0.1) is 13.8 Å². The van der Waals surface area contributed by atoms with Crippen molar-refractivity contribution >= 4 is 33.4 Å². The molecule has 0 atom stereocenters. The monoisotopic (exact) mass is 309 g/mol. The number of fused-ring (bicyclic) bond motifs is 1. The van der Waals surface area contributed by atoms with Gasteiger partial charge in [0.1, 0.15) is 15.5 Å². The van der Waals surface area contributed by atoms with Gasteiger partial charge in [-0.25, -0.2) is 9.78 Å². The van der Waals surface area contributed by atoms with Crippen LogP contribution in [0.4, 0.5) is 0 Å². The number of nitrogens with one attached hydrogen (secondary N) is 2. The summed E-state index contributed by atoms with van der Waals surface area (Å²) in [5, 5.41) is 2.91. The van der Waals surface area contributed by atoms with Crippen LogP contribution in [0.2, 0.25) is 0 Å². The zero-order chi connectivity index (χ0) is 15.6. The van der Waals surface area contributed by atoms with E-state index in [1.54, 1.807) is 20.8 Å². The molecular formula is C13H15N3O4S. The van der Waals surface area contributed by atoms with Crippen molar-refractivity contribution in [3.8, 4) is 0 Å². The summed E-state index contributed by atoms with van der Waals surface area (Å²) < 4.78 is 4.94.